The number of hydrogen-bond acceptors (Lipinski definition) is 1. The standard InChI is InChI=1S/C22H13Br2N.2H2/c1-2-3-4-17-5-11-20(12-6-17)25(21-13-7-18(23)8-14-21)22-15-9-19(24)10-16-22;;/h1,5-16H;2*1H. The van der Waals surface area contributed by atoms with Gasteiger partial charge in [0.05, 0.1) is 0 Å². The highest BCUT2D eigenvalue weighted by molar-refractivity contribution is 9.10. The summed E-state index contributed by atoms with van der Waals surface area (Å²) >= 11 is 6.99. The lowest BCUT2D eigenvalue weighted by Gasteiger charge is -2.25. The summed E-state index contributed by atoms with van der Waals surface area (Å²) in [6.45, 7) is 0. The maximum Gasteiger partial charge on any atom is 0.0462 e. The van der Waals surface area contributed by atoms with E-state index in [1.54, 1.807) is 0 Å². The molecule has 0 heterocycles. The summed E-state index contributed by atoms with van der Waals surface area (Å²) in [6, 6.07) is 24.5. The van der Waals surface area contributed by atoms with E-state index in [1.807, 2.05) is 48.5 Å². The maximum atomic E-state index is 5.19. The van der Waals surface area contributed by atoms with Crippen LogP contribution in [0.3, 0.4) is 0 Å². The highest BCUT2D eigenvalue weighted by Gasteiger charge is 2.12. The quantitative estimate of drug-likeness (QED) is 0.379. The Hall–Kier alpha value is -2.46. The lowest BCUT2D eigenvalue weighted by molar-refractivity contribution is 1.28. The highest BCUT2D eigenvalue weighted by atomic mass is 79.9. The van der Waals surface area contributed by atoms with Gasteiger partial charge >= 0.3 is 0 Å². The van der Waals surface area contributed by atoms with Crippen molar-refractivity contribution >= 4 is 48.9 Å². The largest absolute Gasteiger partial charge is 0.311 e. The molecule has 3 aromatic carbocycles. The molecule has 25 heavy (non-hydrogen) atoms. The minimum Gasteiger partial charge on any atom is -0.311 e. The van der Waals surface area contributed by atoms with Crippen molar-refractivity contribution in [1.82, 2.24) is 0 Å². The van der Waals surface area contributed by atoms with Gasteiger partial charge in [0.2, 0.25) is 0 Å². The molecule has 0 bridgehead atoms. The molecule has 0 saturated heterocycles. The monoisotopic (exact) mass is 453 g/mol. The van der Waals surface area contributed by atoms with Crippen LogP contribution in [0.4, 0.5) is 17.1 Å². The normalized spacial score (nSPS) is 9.64. The van der Waals surface area contributed by atoms with Gasteiger partial charge in [-0.3, -0.25) is 0 Å². The van der Waals surface area contributed by atoms with E-state index in [4.69, 9.17) is 6.42 Å². The van der Waals surface area contributed by atoms with Crippen LogP contribution in [-0.4, -0.2) is 0 Å². The predicted octanol–water partition coefficient (Wildman–Crippen LogP) is 7.16. The Morgan fingerprint density at radius 2 is 1.08 bits per heavy atom. The molecule has 0 aliphatic carbocycles. The number of halogens is 2. The van der Waals surface area contributed by atoms with Gasteiger partial charge in [0.25, 0.3) is 0 Å². The SMILES string of the molecule is C#CC#Cc1ccc(N(c2ccc(Br)cc2)c2ccc(Br)cc2)cc1.[HH].[HH]. The minimum atomic E-state index is 0. The summed E-state index contributed by atoms with van der Waals surface area (Å²) in [5.41, 5.74) is 4.10. The van der Waals surface area contributed by atoms with Gasteiger partial charge in [0.1, 0.15) is 0 Å². The van der Waals surface area contributed by atoms with Gasteiger partial charge in [-0.1, -0.05) is 37.8 Å². The second kappa shape index (κ2) is 8.08. The third-order valence-corrected chi connectivity index (χ3v) is 4.63. The number of rotatable bonds is 3. The summed E-state index contributed by atoms with van der Waals surface area (Å²) < 4.78 is 2.10. The summed E-state index contributed by atoms with van der Waals surface area (Å²) in [4.78, 5) is 2.19. The first-order chi connectivity index (χ1) is 12.2. The van der Waals surface area contributed by atoms with E-state index in [2.05, 4.69) is 78.8 Å². The number of benzene rings is 3. The molecule has 1 nitrogen and oxygen atoms in total. The highest BCUT2D eigenvalue weighted by Crippen LogP contribution is 2.35. The summed E-state index contributed by atoms with van der Waals surface area (Å²) in [6.07, 6.45) is 5.19. The van der Waals surface area contributed by atoms with Gasteiger partial charge in [0.15, 0.2) is 0 Å². The molecular weight excluding hydrogens is 438 g/mol. The van der Waals surface area contributed by atoms with E-state index >= 15 is 0 Å². The van der Waals surface area contributed by atoms with E-state index in [9.17, 15) is 0 Å². The van der Waals surface area contributed by atoms with Crippen molar-refractivity contribution in [2.24, 2.45) is 0 Å². The Labute approximate surface area is 167 Å². The molecule has 0 atom stereocenters. The summed E-state index contributed by atoms with van der Waals surface area (Å²) in [7, 11) is 0. The molecule has 0 unspecified atom stereocenters. The summed E-state index contributed by atoms with van der Waals surface area (Å²) in [5.74, 6) is 7.92. The van der Waals surface area contributed by atoms with Crippen molar-refractivity contribution in [1.29, 1.82) is 0 Å². The van der Waals surface area contributed by atoms with E-state index in [0.717, 1.165) is 31.6 Å². The van der Waals surface area contributed by atoms with Gasteiger partial charge in [-0.15, -0.1) is 6.42 Å². The molecule has 0 N–H and O–H groups in total. The number of terminal acetylenes is 1. The second-order valence-electron chi connectivity index (χ2n) is 5.23. The molecule has 0 fully saturated rings. The number of anilines is 3. The third kappa shape index (κ3) is 4.34. The van der Waals surface area contributed by atoms with Gasteiger partial charge in [-0.25, -0.2) is 0 Å². The molecular formula is C22H17Br2N. The maximum absolute atomic E-state index is 5.19. The molecule has 0 spiro atoms. The number of hydrogen-bond donors (Lipinski definition) is 0. The van der Waals surface area contributed by atoms with E-state index < -0.39 is 0 Å². The molecule has 0 aliphatic heterocycles. The molecule has 0 saturated carbocycles. The fraction of sp³-hybridized carbons (Fsp3) is 0. The van der Waals surface area contributed by atoms with Crippen LogP contribution in [0.15, 0.2) is 81.7 Å². The van der Waals surface area contributed by atoms with Crippen LogP contribution < -0.4 is 4.90 Å². The first-order valence-electron chi connectivity index (χ1n) is 7.55. The third-order valence-electron chi connectivity index (χ3n) is 3.57. The molecule has 3 rings (SSSR count). The Balaban J connectivity index is 0.00000182. The van der Waals surface area contributed by atoms with Gasteiger partial charge in [0, 0.05) is 34.4 Å². The first kappa shape index (κ1) is 17.4. The summed E-state index contributed by atoms with van der Waals surface area (Å²) in [5, 5.41) is 0. The van der Waals surface area contributed by atoms with Gasteiger partial charge in [-0.05, 0) is 84.6 Å². The van der Waals surface area contributed by atoms with Crippen molar-refractivity contribution in [2.75, 3.05) is 4.90 Å². The van der Waals surface area contributed by atoms with Crippen LogP contribution in [0.5, 0.6) is 0 Å². The molecule has 0 amide bonds. The average Bonchev–Trinajstić information content (AvgIpc) is 2.64. The zero-order valence-corrected chi connectivity index (χ0v) is 16.4. The molecule has 0 radical (unpaired) electrons. The first-order valence-corrected chi connectivity index (χ1v) is 9.14. The van der Waals surface area contributed by atoms with Crippen molar-refractivity contribution in [2.45, 2.75) is 0 Å². The van der Waals surface area contributed by atoms with Gasteiger partial charge in [-0.2, -0.15) is 0 Å². The van der Waals surface area contributed by atoms with Crippen LogP contribution in [0.2, 0.25) is 0 Å². The molecule has 0 aromatic heterocycles. The van der Waals surface area contributed by atoms with E-state index in [0.29, 0.717) is 0 Å². The lowest BCUT2D eigenvalue weighted by atomic mass is 10.1. The zero-order valence-electron chi connectivity index (χ0n) is 13.2. The van der Waals surface area contributed by atoms with Crippen LogP contribution in [-0.2, 0) is 0 Å². The smallest absolute Gasteiger partial charge is 0.0462 e. The van der Waals surface area contributed by atoms with Crippen LogP contribution >= 0.6 is 31.9 Å². The Kier molecular flexibility index (Phi) is 5.61. The van der Waals surface area contributed by atoms with Crippen LogP contribution in [0, 0.1) is 24.2 Å². The van der Waals surface area contributed by atoms with E-state index in [-0.39, 0.29) is 2.85 Å². The van der Waals surface area contributed by atoms with Crippen LogP contribution in [0.25, 0.3) is 0 Å². The van der Waals surface area contributed by atoms with Crippen LogP contribution in [0.1, 0.15) is 8.42 Å². The Morgan fingerprint density at radius 3 is 1.48 bits per heavy atom. The average molecular weight is 455 g/mol. The fourth-order valence-corrected chi connectivity index (χ4v) is 2.96. The molecule has 3 aromatic rings. The van der Waals surface area contributed by atoms with E-state index in [1.165, 1.54) is 0 Å². The second-order valence-corrected chi connectivity index (χ2v) is 7.06. The zero-order chi connectivity index (χ0) is 17.6. The van der Waals surface area contributed by atoms with Gasteiger partial charge < -0.3 is 4.90 Å². The van der Waals surface area contributed by atoms with Crippen molar-refractivity contribution in [3.8, 4) is 24.2 Å². The number of nitrogens with zero attached hydrogens (tertiary/aromatic N) is 1. The fourth-order valence-electron chi connectivity index (χ4n) is 2.43. The topological polar surface area (TPSA) is 3.24 Å². The molecule has 124 valence electrons. The molecule has 0 aliphatic rings. The predicted molar refractivity (Wildman–Crippen MR) is 116 cm³/mol. The van der Waals surface area contributed by atoms with Crippen molar-refractivity contribution < 1.29 is 2.85 Å². The van der Waals surface area contributed by atoms with Crippen molar-refractivity contribution in [3.63, 3.8) is 0 Å². The molecule has 3 heteroatoms. The Morgan fingerprint density at radius 1 is 0.680 bits per heavy atom. The Bertz CT molecular complexity index is 919. The minimum absolute atomic E-state index is 0. The van der Waals surface area contributed by atoms with Crippen molar-refractivity contribution in [3.05, 3.63) is 87.3 Å². The lowest BCUT2D eigenvalue weighted by Crippen LogP contribution is -2.09.